The van der Waals surface area contributed by atoms with Gasteiger partial charge in [-0.25, -0.2) is 4.79 Å². The zero-order valence-electron chi connectivity index (χ0n) is 16.4. The highest BCUT2D eigenvalue weighted by Gasteiger charge is 2.14. The van der Waals surface area contributed by atoms with Gasteiger partial charge in [-0.15, -0.1) is 0 Å². The van der Waals surface area contributed by atoms with Crippen molar-refractivity contribution in [1.82, 2.24) is 0 Å². The summed E-state index contributed by atoms with van der Waals surface area (Å²) in [4.78, 5) is 35.7. The Morgan fingerprint density at radius 1 is 1.07 bits per heavy atom. The molecule has 0 aliphatic carbocycles. The van der Waals surface area contributed by atoms with E-state index in [4.69, 9.17) is 9.15 Å². The number of ether oxygens (including phenoxy) is 2. The van der Waals surface area contributed by atoms with Gasteiger partial charge in [0.1, 0.15) is 5.58 Å². The number of esters is 2. The fraction of sp³-hybridized carbons (Fsp3) is 0.227. The van der Waals surface area contributed by atoms with Crippen LogP contribution >= 0.6 is 0 Å². The first kappa shape index (κ1) is 20.1. The number of fused-ring (bicyclic) bond motifs is 1. The van der Waals surface area contributed by atoms with E-state index in [0.29, 0.717) is 22.4 Å². The molecule has 1 N–H and O–H groups in total. The standard InChI is InChI=1S/C22H21NO6/c1-13-7-18-16(11-28-19(18)8-14(13)2)10-21(25)29-12-20(24)23-17-6-4-5-15(9-17)22(26)27-3/h4-9,11H,10,12H2,1-3H3,(H,23,24). The van der Waals surface area contributed by atoms with Gasteiger partial charge in [0.25, 0.3) is 5.91 Å². The van der Waals surface area contributed by atoms with Crippen LogP contribution in [0.2, 0.25) is 0 Å². The minimum Gasteiger partial charge on any atom is -0.465 e. The Morgan fingerprint density at radius 3 is 2.59 bits per heavy atom. The van der Waals surface area contributed by atoms with E-state index in [1.165, 1.54) is 19.4 Å². The molecule has 150 valence electrons. The lowest BCUT2D eigenvalue weighted by Gasteiger charge is -2.08. The lowest BCUT2D eigenvalue weighted by molar-refractivity contribution is -0.146. The van der Waals surface area contributed by atoms with Gasteiger partial charge in [-0.1, -0.05) is 6.07 Å². The number of furan rings is 1. The summed E-state index contributed by atoms with van der Waals surface area (Å²) in [5, 5.41) is 3.43. The van der Waals surface area contributed by atoms with Crippen LogP contribution in [0, 0.1) is 13.8 Å². The first-order chi connectivity index (χ1) is 13.9. The molecule has 3 rings (SSSR count). The summed E-state index contributed by atoms with van der Waals surface area (Å²) in [6.07, 6.45) is 1.53. The highest BCUT2D eigenvalue weighted by atomic mass is 16.5. The van der Waals surface area contributed by atoms with Gasteiger partial charge < -0.3 is 19.2 Å². The summed E-state index contributed by atoms with van der Waals surface area (Å²) in [6.45, 7) is 3.54. The number of methoxy groups -OCH3 is 1. The average molecular weight is 395 g/mol. The Labute approximate surface area is 167 Å². The molecule has 0 bridgehead atoms. The third-order valence-corrected chi connectivity index (χ3v) is 4.54. The molecule has 1 heterocycles. The van der Waals surface area contributed by atoms with Crippen LogP contribution in [0.25, 0.3) is 11.0 Å². The number of aryl methyl sites for hydroxylation is 2. The third kappa shape index (κ3) is 4.82. The number of nitrogens with one attached hydrogen (secondary N) is 1. The third-order valence-electron chi connectivity index (χ3n) is 4.54. The van der Waals surface area contributed by atoms with Crippen LogP contribution in [0.5, 0.6) is 0 Å². The minimum absolute atomic E-state index is 0.000602. The van der Waals surface area contributed by atoms with Crippen LogP contribution in [-0.2, 0) is 25.5 Å². The summed E-state index contributed by atoms with van der Waals surface area (Å²) < 4.78 is 15.2. The fourth-order valence-electron chi connectivity index (χ4n) is 2.86. The van der Waals surface area contributed by atoms with Crippen molar-refractivity contribution in [2.45, 2.75) is 20.3 Å². The molecule has 3 aromatic rings. The molecule has 29 heavy (non-hydrogen) atoms. The quantitative estimate of drug-likeness (QED) is 0.641. The largest absolute Gasteiger partial charge is 0.465 e. The van der Waals surface area contributed by atoms with Crippen LogP contribution in [0.4, 0.5) is 5.69 Å². The number of hydrogen-bond acceptors (Lipinski definition) is 6. The van der Waals surface area contributed by atoms with Crippen molar-refractivity contribution in [3.8, 4) is 0 Å². The lowest BCUT2D eigenvalue weighted by Crippen LogP contribution is -2.21. The van der Waals surface area contributed by atoms with Gasteiger partial charge >= 0.3 is 11.9 Å². The van der Waals surface area contributed by atoms with E-state index < -0.39 is 24.5 Å². The predicted octanol–water partition coefficient (Wildman–Crippen LogP) is 3.56. The Bertz CT molecular complexity index is 1080. The topological polar surface area (TPSA) is 94.8 Å². The first-order valence-corrected chi connectivity index (χ1v) is 8.98. The average Bonchev–Trinajstić information content (AvgIpc) is 3.07. The monoisotopic (exact) mass is 395 g/mol. The summed E-state index contributed by atoms with van der Waals surface area (Å²) in [6, 6.07) is 10.2. The molecule has 1 amide bonds. The molecule has 7 nitrogen and oxygen atoms in total. The number of anilines is 1. The molecule has 1 aromatic heterocycles. The van der Waals surface area contributed by atoms with Gasteiger partial charge in [-0.05, 0) is 55.3 Å². The van der Waals surface area contributed by atoms with Crippen LogP contribution < -0.4 is 5.32 Å². The summed E-state index contributed by atoms with van der Waals surface area (Å²) >= 11 is 0. The summed E-state index contributed by atoms with van der Waals surface area (Å²) in [5.41, 5.74) is 4.33. The Kier molecular flexibility index (Phi) is 5.97. The molecular formula is C22H21NO6. The van der Waals surface area contributed by atoms with Crippen molar-refractivity contribution in [3.63, 3.8) is 0 Å². The van der Waals surface area contributed by atoms with Crippen LogP contribution in [0.15, 0.2) is 47.1 Å². The zero-order valence-corrected chi connectivity index (χ0v) is 16.4. The van der Waals surface area contributed by atoms with Crippen molar-refractivity contribution in [2.75, 3.05) is 19.0 Å². The molecular weight excluding hydrogens is 374 g/mol. The van der Waals surface area contributed by atoms with E-state index in [1.54, 1.807) is 18.2 Å². The normalized spacial score (nSPS) is 10.6. The lowest BCUT2D eigenvalue weighted by atomic mass is 10.0. The highest BCUT2D eigenvalue weighted by Crippen LogP contribution is 2.25. The predicted molar refractivity (Wildman–Crippen MR) is 107 cm³/mol. The molecule has 0 atom stereocenters. The number of carbonyl (C=O) groups is 3. The molecule has 0 unspecified atom stereocenters. The van der Waals surface area contributed by atoms with E-state index in [0.717, 1.165) is 16.5 Å². The Balaban J connectivity index is 1.56. The van der Waals surface area contributed by atoms with Crippen LogP contribution in [0.1, 0.15) is 27.0 Å². The molecule has 0 spiro atoms. The number of rotatable bonds is 6. The minimum atomic E-state index is -0.538. The second-order valence-electron chi connectivity index (χ2n) is 6.65. The fourth-order valence-corrected chi connectivity index (χ4v) is 2.86. The van der Waals surface area contributed by atoms with E-state index in [-0.39, 0.29) is 6.42 Å². The number of hydrogen-bond donors (Lipinski definition) is 1. The molecule has 0 saturated carbocycles. The molecule has 2 aromatic carbocycles. The molecule has 0 saturated heterocycles. The SMILES string of the molecule is COC(=O)c1cccc(NC(=O)COC(=O)Cc2coc3cc(C)c(C)cc23)c1. The Morgan fingerprint density at radius 2 is 1.83 bits per heavy atom. The maximum absolute atomic E-state index is 12.1. The van der Waals surface area contributed by atoms with E-state index >= 15 is 0 Å². The Hall–Kier alpha value is -3.61. The highest BCUT2D eigenvalue weighted by molar-refractivity contribution is 5.96. The molecule has 0 aliphatic heterocycles. The second-order valence-corrected chi connectivity index (χ2v) is 6.65. The first-order valence-electron chi connectivity index (χ1n) is 8.98. The van der Waals surface area contributed by atoms with Gasteiger partial charge in [0, 0.05) is 16.6 Å². The molecule has 0 aliphatic rings. The van der Waals surface area contributed by atoms with Crippen molar-refractivity contribution >= 4 is 34.5 Å². The van der Waals surface area contributed by atoms with Crippen molar-refractivity contribution in [2.24, 2.45) is 0 Å². The van der Waals surface area contributed by atoms with Crippen molar-refractivity contribution in [1.29, 1.82) is 0 Å². The maximum Gasteiger partial charge on any atom is 0.337 e. The van der Waals surface area contributed by atoms with Crippen molar-refractivity contribution < 1.29 is 28.3 Å². The number of amides is 1. The van der Waals surface area contributed by atoms with Gasteiger partial charge in [0.05, 0.1) is 25.4 Å². The van der Waals surface area contributed by atoms with Crippen LogP contribution in [0.3, 0.4) is 0 Å². The number of benzene rings is 2. The van der Waals surface area contributed by atoms with Crippen molar-refractivity contribution in [3.05, 3.63) is 64.9 Å². The smallest absolute Gasteiger partial charge is 0.337 e. The van der Waals surface area contributed by atoms with Gasteiger partial charge in [0.2, 0.25) is 0 Å². The van der Waals surface area contributed by atoms with Gasteiger partial charge in [-0.2, -0.15) is 0 Å². The van der Waals surface area contributed by atoms with E-state index in [9.17, 15) is 14.4 Å². The summed E-state index contributed by atoms with van der Waals surface area (Å²) in [5.74, 6) is -1.56. The molecule has 0 radical (unpaired) electrons. The van der Waals surface area contributed by atoms with Crippen LogP contribution in [-0.4, -0.2) is 31.6 Å². The molecule has 0 fully saturated rings. The second kappa shape index (κ2) is 8.60. The summed E-state index contributed by atoms with van der Waals surface area (Å²) in [7, 11) is 1.28. The maximum atomic E-state index is 12.1. The van der Waals surface area contributed by atoms with E-state index in [2.05, 4.69) is 10.1 Å². The van der Waals surface area contributed by atoms with Gasteiger partial charge in [-0.3, -0.25) is 9.59 Å². The zero-order chi connectivity index (χ0) is 21.0. The van der Waals surface area contributed by atoms with Gasteiger partial charge in [0.15, 0.2) is 6.61 Å². The van der Waals surface area contributed by atoms with E-state index in [1.807, 2.05) is 26.0 Å². The molecule has 7 heteroatoms. The number of carbonyl (C=O) groups excluding carboxylic acids is 3.